The van der Waals surface area contributed by atoms with Crippen molar-refractivity contribution in [3.63, 3.8) is 0 Å². The Morgan fingerprint density at radius 2 is 1.93 bits per heavy atom. The molecule has 29 heavy (non-hydrogen) atoms. The Labute approximate surface area is 173 Å². The van der Waals surface area contributed by atoms with Crippen LogP contribution >= 0.6 is 11.6 Å². The van der Waals surface area contributed by atoms with Crippen LogP contribution in [0, 0.1) is 0 Å². The molecular formula is C20H19ClN2O5S. The van der Waals surface area contributed by atoms with Crippen LogP contribution in [-0.4, -0.2) is 38.5 Å². The second-order valence-electron chi connectivity index (χ2n) is 6.70. The van der Waals surface area contributed by atoms with Gasteiger partial charge in [0, 0.05) is 24.9 Å². The number of halogens is 1. The van der Waals surface area contributed by atoms with Crippen LogP contribution in [0.4, 0.5) is 5.69 Å². The summed E-state index contributed by atoms with van der Waals surface area (Å²) in [5, 5.41) is 3.09. The van der Waals surface area contributed by atoms with Gasteiger partial charge in [-0.05, 0) is 54.8 Å². The molecule has 2 aliphatic heterocycles. The van der Waals surface area contributed by atoms with Gasteiger partial charge in [0.05, 0.1) is 9.92 Å². The predicted octanol–water partition coefficient (Wildman–Crippen LogP) is 3.51. The van der Waals surface area contributed by atoms with Crippen molar-refractivity contribution in [1.29, 1.82) is 0 Å². The molecule has 1 fully saturated rings. The molecule has 2 heterocycles. The summed E-state index contributed by atoms with van der Waals surface area (Å²) in [6, 6.07) is 9.65. The highest BCUT2D eigenvalue weighted by Crippen LogP contribution is 2.40. The zero-order chi connectivity index (χ0) is 20.4. The van der Waals surface area contributed by atoms with E-state index >= 15 is 0 Å². The lowest BCUT2D eigenvalue weighted by atomic mass is 10.2. The second-order valence-corrected chi connectivity index (χ2v) is 9.04. The van der Waals surface area contributed by atoms with Crippen LogP contribution in [0.2, 0.25) is 5.02 Å². The third-order valence-corrected chi connectivity index (χ3v) is 6.86. The summed E-state index contributed by atoms with van der Waals surface area (Å²) in [7, 11) is -3.54. The molecule has 0 unspecified atom stereocenters. The van der Waals surface area contributed by atoms with Gasteiger partial charge < -0.3 is 14.8 Å². The van der Waals surface area contributed by atoms with E-state index in [0.717, 1.165) is 12.8 Å². The quantitative estimate of drug-likeness (QED) is 0.728. The fourth-order valence-electron chi connectivity index (χ4n) is 3.25. The zero-order valence-electron chi connectivity index (χ0n) is 15.4. The number of anilines is 1. The molecule has 7 nitrogen and oxygen atoms in total. The highest BCUT2D eigenvalue weighted by molar-refractivity contribution is 7.89. The first kappa shape index (κ1) is 19.8. The molecule has 0 spiro atoms. The van der Waals surface area contributed by atoms with E-state index in [1.807, 2.05) is 0 Å². The lowest BCUT2D eigenvalue weighted by Crippen LogP contribution is -2.27. The maximum absolute atomic E-state index is 12.7. The van der Waals surface area contributed by atoms with Gasteiger partial charge in [0.25, 0.3) is 0 Å². The number of fused-ring (bicyclic) bond motifs is 1. The van der Waals surface area contributed by atoms with E-state index in [1.54, 1.807) is 30.3 Å². The largest absolute Gasteiger partial charge is 0.454 e. The molecule has 9 heteroatoms. The third kappa shape index (κ3) is 4.24. The van der Waals surface area contributed by atoms with Crippen LogP contribution in [0.1, 0.15) is 18.4 Å². The molecular weight excluding hydrogens is 416 g/mol. The average molecular weight is 435 g/mol. The molecule has 152 valence electrons. The summed E-state index contributed by atoms with van der Waals surface area (Å²) in [4.78, 5) is 12.4. The van der Waals surface area contributed by atoms with Gasteiger partial charge in [-0.2, -0.15) is 4.31 Å². The molecule has 2 aromatic rings. The Morgan fingerprint density at radius 3 is 2.72 bits per heavy atom. The first-order chi connectivity index (χ1) is 13.9. The Balaban J connectivity index is 1.46. The zero-order valence-corrected chi connectivity index (χ0v) is 17.0. The number of benzene rings is 2. The maximum Gasteiger partial charge on any atom is 0.248 e. The van der Waals surface area contributed by atoms with Gasteiger partial charge in [0.2, 0.25) is 22.7 Å². The van der Waals surface area contributed by atoms with Crippen molar-refractivity contribution in [2.24, 2.45) is 0 Å². The van der Waals surface area contributed by atoms with Crippen LogP contribution in [0.25, 0.3) is 6.08 Å². The van der Waals surface area contributed by atoms with E-state index < -0.39 is 15.9 Å². The Kier molecular flexibility index (Phi) is 5.49. The molecule has 0 aliphatic carbocycles. The van der Waals surface area contributed by atoms with Crippen LogP contribution in [-0.2, 0) is 14.8 Å². The number of carbonyl (C=O) groups excluding carboxylic acids is 1. The molecule has 0 saturated carbocycles. The summed E-state index contributed by atoms with van der Waals surface area (Å²) in [5.74, 6) is 0.621. The van der Waals surface area contributed by atoms with E-state index in [4.69, 9.17) is 21.1 Å². The van der Waals surface area contributed by atoms with Gasteiger partial charge >= 0.3 is 0 Å². The van der Waals surface area contributed by atoms with Crippen molar-refractivity contribution in [3.8, 4) is 11.5 Å². The number of nitrogens with zero attached hydrogens (tertiary/aromatic N) is 1. The smallest absolute Gasteiger partial charge is 0.248 e. The molecule has 1 N–H and O–H groups in total. The fourth-order valence-corrected chi connectivity index (χ4v) is 5.09. The van der Waals surface area contributed by atoms with Gasteiger partial charge in [-0.25, -0.2) is 8.42 Å². The van der Waals surface area contributed by atoms with Gasteiger partial charge in [0.1, 0.15) is 0 Å². The van der Waals surface area contributed by atoms with Crippen molar-refractivity contribution in [1.82, 2.24) is 4.31 Å². The second kappa shape index (κ2) is 8.06. The number of rotatable bonds is 5. The topological polar surface area (TPSA) is 84.9 Å². The number of carbonyl (C=O) groups is 1. The summed E-state index contributed by atoms with van der Waals surface area (Å²) in [6.45, 7) is 1.17. The summed E-state index contributed by atoms with van der Waals surface area (Å²) < 4.78 is 37.4. The van der Waals surface area contributed by atoms with E-state index in [9.17, 15) is 13.2 Å². The SMILES string of the molecule is O=C(C=Cc1cc(Cl)c2c(c1)OCO2)Nc1cccc(S(=O)(=O)N2CCCC2)c1. The number of hydrogen-bond acceptors (Lipinski definition) is 5. The van der Waals surface area contributed by atoms with E-state index in [0.29, 0.717) is 40.9 Å². The Hall–Kier alpha value is -2.55. The van der Waals surface area contributed by atoms with Crippen molar-refractivity contribution < 1.29 is 22.7 Å². The molecule has 0 bridgehead atoms. The van der Waals surface area contributed by atoms with Gasteiger partial charge in [-0.15, -0.1) is 0 Å². The van der Waals surface area contributed by atoms with Gasteiger partial charge in [-0.3, -0.25) is 4.79 Å². The summed E-state index contributed by atoms with van der Waals surface area (Å²) in [6.07, 6.45) is 4.66. The minimum atomic E-state index is -3.54. The van der Waals surface area contributed by atoms with Crippen LogP contribution in [0.3, 0.4) is 0 Å². The van der Waals surface area contributed by atoms with E-state index in [1.165, 1.54) is 22.5 Å². The van der Waals surface area contributed by atoms with Crippen molar-refractivity contribution in [3.05, 3.63) is 53.1 Å². The van der Waals surface area contributed by atoms with Crippen molar-refractivity contribution in [2.45, 2.75) is 17.7 Å². The maximum atomic E-state index is 12.7. The predicted molar refractivity (Wildman–Crippen MR) is 110 cm³/mol. The minimum Gasteiger partial charge on any atom is -0.454 e. The number of ether oxygens (including phenoxy) is 2. The standard InChI is InChI=1S/C20H19ClN2O5S/c21-17-10-14(11-18-20(17)28-13-27-18)6-7-19(24)22-15-4-3-5-16(12-15)29(25,26)23-8-1-2-9-23/h3-7,10-12H,1-2,8-9,13H2,(H,22,24). The van der Waals surface area contributed by atoms with E-state index in [-0.39, 0.29) is 11.7 Å². The molecule has 0 aromatic heterocycles. The minimum absolute atomic E-state index is 0.111. The lowest BCUT2D eigenvalue weighted by Gasteiger charge is -2.16. The molecule has 2 aliphatic rings. The van der Waals surface area contributed by atoms with Crippen LogP contribution in [0.15, 0.2) is 47.4 Å². The first-order valence-corrected chi connectivity index (χ1v) is 10.9. The molecule has 1 saturated heterocycles. The molecule has 0 atom stereocenters. The van der Waals surface area contributed by atoms with Crippen LogP contribution < -0.4 is 14.8 Å². The molecule has 1 amide bonds. The fraction of sp³-hybridized carbons (Fsp3) is 0.250. The Morgan fingerprint density at radius 1 is 1.14 bits per heavy atom. The highest BCUT2D eigenvalue weighted by Gasteiger charge is 2.27. The summed E-state index contributed by atoms with van der Waals surface area (Å²) >= 11 is 6.13. The van der Waals surface area contributed by atoms with Crippen LogP contribution in [0.5, 0.6) is 11.5 Å². The number of hydrogen-bond donors (Lipinski definition) is 1. The normalized spacial score (nSPS) is 16.4. The molecule has 4 rings (SSSR count). The number of sulfonamides is 1. The van der Waals surface area contributed by atoms with E-state index in [2.05, 4.69) is 5.32 Å². The van der Waals surface area contributed by atoms with Gasteiger partial charge in [0.15, 0.2) is 11.5 Å². The molecule has 0 radical (unpaired) electrons. The monoisotopic (exact) mass is 434 g/mol. The number of amides is 1. The first-order valence-electron chi connectivity index (χ1n) is 9.12. The Bertz CT molecular complexity index is 1080. The highest BCUT2D eigenvalue weighted by atomic mass is 35.5. The molecule has 2 aromatic carbocycles. The third-order valence-electron chi connectivity index (χ3n) is 4.68. The van der Waals surface area contributed by atoms with Crippen molar-refractivity contribution >= 4 is 39.3 Å². The lowest BCUT2D eigenvalue weighted by molar-refractivity contribution is -0.111. The van der Waals surface area contributed by atoms with Gasteiger partial charge in [-0.1, -0.05) is 17.7 Å². The summed E-state index contributed by atoms with van der Waals surface area (Å²) in [5.41, 5.74) is 1.09. The average Bonchev–Trinajstić information content (AvgIpc) is 3.39. The van der Waals surface area contributed by atoms with Crippen molar-refractivity contribution in [2.75, 3.05) is 25.2 Å². The number of nitrogens with one attached hydrogen (secondary N) is 1.